The van der Waals surface area contributed by atoms with Crippen LogP contribution in [0.15, 0.2) is 18.2 Å². The Balaban J connectivity index is 2.16. The maximum absolute atomic E-state index is 6.14. The highest BCUT2D eigenvalue weighted by atomic mass is 35.5. The molecule has 4 nitrogen and oxygen atoms in total. The number of halogens is 1. The van der Waals surface area contributed by atoms with Crippen molar-refractivity contribution >= 4 is 11.6 Å². The van der Waals surface area contributed by atoms with Crippen LogP contribution in [0.3, 0.4) is 0 Å². The number of nitrogens with one attached hydrogen (secondary N) is 1. The predicted octanol–water partition coefficient (Wildman–Crippen LogP) is 1.72. The van der Waals surface area contributed by atoms with Gasteiger partial charge in [-0.15, -0.1) is 0 Å². The zero-order valence-electron chi connectivity index (χ0n) is 13.4. The average molecular weight is 312 g/mol. The Kier molecular flexibility index (Phi) is 5.88. The van der Waals surface area contributed by atoms with Crippen molar-refractivity contribution in [1.29, 1.82) is 0 Å². The molecule has 1 aromatic rings. The quantitative estimate of drug-likeness (QED) is 0.896. The number of rotatable bonds is 5. The zero-order chi connectivity index (χ0) is 15.4. The first-order valence-electron chi connectivity index (χ1n) is 7.43. The van der Waals surface area contributed by atoms with E-state index < -0.39 is 0 Å². The van der Waals surface area contributed by atoms with Gasteiger partial charge in [0, 0.05) is 36.7 Å². The molecule has 0 radical (unpaired) electrons. The van der Waals surface area contributed by atoms with Gasteiger partial charge >= 0.3 is 0 Å². The number of benzene rings is 1. The Bertz CT molecular complexity index is 469. The lowest BCUT2D eigenvalue weighted by atomic mass is 9.96. The molecular formula is C16H26ClN3O. The smallest absolute Gasteiger partial charge is 0.122 e. The van der Waals surface area contributed by atoms with Crippen LogP contribution in [-0.4, -0.2) is 69.8 Å². The van der Waals surface area contributed by atoms with Crippen LogP contribution < -0.4 is 10.1 Å². The summed E-state index contributed by atoms with van der Waals surface area (Å²) in [4.78, 5) is 4.84. The molecule has 1 N–H and O–H groups in total. The summed E-state index contributed by atoms with van der Waals surface area (Å²) in [7, 11) is 8.13. The van der Waals surface area contributed by atoms with Crippen LogP contribution >= 0.6 is 11.6 Å². The van der Waals surface area contributed by atoms with Gasteiger partial charge in [-0.05, 0) is 51.3 Å². The second kappa shape index (κ2) is 7.45. The first-order valence-corrected chi connectivity index (χ1v) is 7.81. The molecule has 2 atom stereocenters. The van der Waals surface area contributed by atoms with Crippen LogP contribution in [0.2, 0.25) is 5.02 Å². The predicted molar refractivity (Wildman–Crippen MR) is 88.5 cm³/mol. The van der Waals surface area contributed by atoms with Gasteiger partial charge in [0.25, 0.3) is 0 Å². The summed E-state index contributed by atoms with van der Waals surface area (Å²) >= 11 is 6.14. The standard InChI is InChI=1S/C16H26ClN3O/c1-18-14(15-11-19(2)7-8-20(15)3)10-12-9-13(17)5-6-16(12)21-4/h5-6,9,14-15,18H,7-8,10-11H2,1-4H3. The van der Waals surface area contributed by atoms with Crippen molar-refractivity contribution in [2.75, 3.05) is 47.9 Å². The van der Waals surface area contributed by atoms with Crippen molar-refractivity contribution in [3.05, 3.63) is 28.8 Å². The summed E-state index contributed by atoms with van der Waals surface area (Å²) in [6, 6.07) is 6.68. The molecule has 0 spiro atoms. The molecule has 1 saturated heterocycles. The van der Waals surface area contributed by atoms with Crippen LogP contribution in [0.4, 0.5) is 0 Å². The van der Waals surface area contributed by atoms with Crippen molar-refractivity contribution in [2.24, 2.45) is 0 Å². The average Bonchev–Trinajstić information content (AvgIpc) is 2.47. The van der Waals surface area contributed by atoms with Crippen LogP contribution in [-0.2, 0) is 6.42 Å². The van der Waals surface area contributed by atoms with Crippen LogP contribution in [0.25, 0.3) is 0 Å². The summed E-state index contributed by atoms with van der Waals surface area (Å²) in [5.74, 6) is 0.909. The number of hydrogen-bond acceptors (Lipinski definition) is 4. The Labute approximate surface area is 133 Å². The Morgan fingerprint density at radius 3 is 2.81 bits per heavy atom. The first-order chi connectivity index (χ1) is 10.0. The minimum Gasteiger partial charge on any atom is -0.496 e. The van der Waals surface area contributed by atoms with E-state index in [1.807, 2.05) is 25.2 Å². The molecule has 0 aliphatic carbocycles. The monoisotopic (exact) mass is 311 g/mol. The van der Waals surface area contributed by atoms with E-state index in [9.17, 15) is 0 Å². The van der Waals surface area contributed by atoms with Gasteiger partial charge in [-0.25, -0.2) is 0 Å². The third-order valence-corrected chi connectivity index (χ3v) is 4.65. The van der Waals surface area contributed by atoms with E-state index in [2.05, 4.69) is 29.2 Å². The third kappa shape index (κ3) is 4.10. The van der Waals surface area contributed by atoms with E-state index in [0.29, 0.717) is 12.1 Å². The van der Waals surface area contributed by atoms with Gasteiger partial charge < -0.3 is 15.0 Å². The third-order valence-electron chi connectivity index (χ3n) is 4.42. The number of hydrogen-bond donors (Lipinski definition) is 1. The van der Waals surface area contributed by atoms with Gasteiger partial charge in [0.2, 0.25) is 0 Å². The van der Waals surface area contributed by atoms with E-state index in [-0.39, 0.29) is 0 Å². The fourth-order valence-electron chi connectivity index (χ4n) is 3.05. The van der Waals surface area contributed by atoms with Crippen LogP contribution in [0, 0.1) is 0 Å². The lowest BCUT2D eigenvalue weighted by Crippen LogP contribution is -2.58. The maximum atomic E-state index is 6.14. The molecule has 118 valence electrons. The van der Waals surface area contributed by atoms with Gasteiger partial charge in [-0.2, -0.15) is 0 Å². The molecule has 2 rings (SSSR count). The second-order valence-corrected chi connectivity index (χ2v) is 6.30. The van der Waals surface area contributed by atoms with Gasteiger partial charge in [-0.3, -0.25) is 4.90 Å². The van der Waals surface area contributed by atoms with Gasteiger partial charge in [0.1, 0.15) is 5.75 Å². The Hall–Kier alpha value is -0.810. The van der Waals surface area contributed by atoms with E-state index in [1.165, 1.54) is 0 Å². The number of likely N-dealkylation sites (N-methyl/N-ethyl adjacent to an activating group) is 3. The SMILES string of the molecule is CNC(Cc1cc(Cl)ccc1OC)C1CN(C)CCN1C. The Morgan fingerprint density at radius 1 is 1.38 bits per heavy atom. The molecule has 1 heterocycles. The first kappa shape index (κ1) is 16.6. The van der Waals surface area contributed by atoms with Crippen molar-refractivity contribution < 1.29 is 4.74 Å². The number of methoxy groups -OCH3 is 1. The molecule has 2 unspecified atom stereocenters. The van der Waals surface area contributed by atoms with Crippen LogP contribution in [0.1, 0.15) is 5.56 Å². The molecule has 1 aliphatic heterocycles. The number of nitrogens with zero attached hydrogens (tertiary/aromatic N) is 2. The van der Waals surface area contributed by atoms with E-state index in [4.69, 9.17) is 16.3 Å². The Morgan fingerprint density at radius 2 is 2.14 bits per heavy atom. The highest BCUT2D eigenvalue weighted by Crippen LogP contribution is 2.25. The molecule has 1 aromatic carbocycles. The topological polar surface area (TPSA) is 27.7 Å². The van der Waals surface area contributed by atoms with Gasteiger partial charge in [-0.1, -0.05) is 11.6 Å². The van der Waals surface area contributed by atoms with E-state index in [1.54, 1.807) is 7.11 Å². The summed E-state index contributed by atoms with van der Waals surface area (Å²) in [5, 5.41) is 4.23. The molecule has 0 amide bonds. The zero-order valence-corrected chi connectivity index (χ0v) is 14.2. The minimum absolute atomic E-state index is 0.366. The fourth-order valence-corrected chi connectivity index (χ4v) is 3.25. The molecule has 21 heavy (non-hydrogen) atoms. The summed E-state index contributed by atoms with van der Waals surface area (Å²) < 4.78 is 5.47. The van der Waals surface area contributed by atoms with Crippen molar-refractivity contribution in [3.8, 4) is 5.75 Å². The fraction of sp³-hybridized carbons (Fsp3) is 0.625. The van der Waals surface area contributed by atoms with Gasteiger partial charge in [0.05, 0.1) is 7.11 Å². The van der Waals surface area contributed by atoms with Crippen molar-refractivity contribution in [2.45, 2.75) is 18.5 Å². The highest BCUT2D eigenvalue weighted by molar-refractivity contribution is 6.30. The van der Waals surface area contributed by atoms with Crippen molar-refractivity contribution in [3.63, 3.8) is 0 Å². The lowest BCUT2D eigenvalue weighted by Gasteiger charge is -2.42. The molecule has 1 fully saturated rings. The van der Waals surface area contributed by atoms with E-state index in [0.717, 1.165) is 42.4 Å². The number of ether oxygens (including phenoxy) is 1. The minimum atomic E-state index is 0.366. The summed E-state index contributed by atoms with van der Waals surface area (Å²) in [6.45, 7) is 3.31. The molecular weight excluding hydrogens is 286 g/mol. The summed E-state index contributed by atoms with van der Waals surface area (Å²) in [6.07, 6.45) is 0.906. The summed E-state index contributed by atoms with van der Waals surface area (Å²) in [5.41, 5.74) is 1.16. The largest absolute Gasteiger partial charge is 0.496 e. The lowest BCUT2D eigenvalue weighted by molar-refractivity contribution is 0.0895. The second-order valence-electron chi connectivity index (χ2n) is 5.87. The molecule has 0 aromatic heterocycles. The molecule has 0 bridgehead atoms. The molecule has 0 saturated carbocycles. The van der Waals surface area contributed by atoms with Crippen LogP contribution in [0.5, 0.6) is 5.75 Å². The maximum Gasteiger partial charge on any atom is 0.122 e. The van der Waals surface area contributed by atoms with E-state index >= 15 is 0 Å². The highest BCUT2D eigenvalue weighted by Gasteiger charge is 2.29. The normalized spacial score (nSPS) is 22.2. The number of piperazine rings is 1. The molecule has 1 aliphatic rings. The molecule has 5 heteroatoms. The van der Waals surface area contributed by atoms with Gasteiger partial charge in [0.15, 0.2) is 0 Å². The van der Waals surface area contributed by atoms with Crippen molar-refractivity contribution in [1.82, 2.24) is 15.1 Å².